The van der Waals surface area contributed by atoms with Crippen LogP contribution in [0.5, 0.6) is 5.75 Å². The number of nitrogens with two attached hydrogens (primary N) is 1. The highest BCUT2D eigenvalue weighted by molar-refractivity contribution is 9.10. The summed E-state index contributed by atoms with van der Waals surface area (Å²) in [5.41, 5.74) is 10.5. The smallest absolute Gasteiger partial charge is 0.338 e. The summed E-state index contributed by atoms with van der Waals surface area (Å²) in [6, 6.07) is 15.9. The Morgan fingerprint density at radius 3 is 2.38 bits per heavy atom. The van der Waals surface area contributed by atoms with E-state index < -0.39 is 11.9 Å². The number of methoxy groups -OCH3 is 1. The number of hydrogen-bond donors (Lipinski definition) is 1. The number of nitrogen functional groups attached to an aromatic ring is 1. The van der Waals surface area contributed by atoms with Crippen LogP contribution in [0.25, 0.3) is 10.9 Å². The quantitative estimate of drug-likeness (QED) is 0.0971. The molecule has 4 aromatic rings. The highest BCUT2D eigenvalue weighted by atomic mass is 79.9. The third-order valence-electron chi connectivity index (χ3n) is 8.81. The van der Waals surface area contributed by atoms with Crippen molar-refractivity contribution in [2.45, 2.75) is 58.0 Å². The lowest BCUT2D eigenvalue weighted by Crippen LogP contribution is -2.33. The van der Waals surface area contributed by atoms with Crippen LogP contribution >= 0.6 is 27.5 Å². The van der Waals surface area contributed by atoms with Crippen LogP contribution < -0.4 is 10.5 Å². The fourth-order valence-corrected chi connectivity index (χ4v) is 6.83. The van der Waals surface area contributed by atoms with Crippen LogP contribution in [0.3, 0.4) is 0 Å². The van der Waals surface area contributed by atoms with Crippen LogP contribution in [-0.4, -0.2) is 60.7 Å². The first-order valence-electron chi connectivity index (χ1n) is 15.7. The van der Waals surface area contributed by atoms with Crippen LogP contribution in [0.4, 0.5) is 5.69 Å². The lowest BCUT2D eigenvalue weighted by atomic mass is 9.94. The average Bonchev–Trinajstić information content (AvgIpc) is 3.34. The summed E-state index contributed by atoms with van der Waals surface area (Å²) < 4.78 is 18.5. The van der Waals surface area contributed by atoms with Crippen molar-refractivity contribution in [1.82, 2.24) is 9.47 Å². The molecule has 0 bridgehead atoms. The number of hydrogen-bond acceptors (Lipinski definition) is 8. The predicted octanol–water partition coefficient (Wildman–Crippen LogP) is 7.35. The summed E-state index contributed by atoms with van der Waals surface area (Å²) in [4.78, 5) is 41.8. The highest BCUT2D eigenvalue weighted by Gasteiger charge is 2.23. The van der Waals surface area contributed by atoms with Crippen LogP contribution in [0, 0.1) is 6.92 Å². The SMILES string of the molecule is COc1ccc2c(c1)c(CC(=O)OCCOC(=O)c1cc(Br)c(N)c(CN(C)C3CCCCC3)c1)c(C)n2C(=O)c1ccc(Cl)cc1. The Morgan fingerprint density at radius 1 is 0.979 bits per heavy atom. The Hall–Kier alpha value is -3.86. The number of fused-ring (bicyclic) bond motifs is 1. The molecule has 0 radical (unpaired) electrons. The van der Waals surface area contributed by atoms with E-state index >= 15 is 0 Å². The van der Waals surface area contributed by atoms with E-state index in [1.165, 1.54) is 19.3 Å². The first kappa shape index (κ1) is 34.5. The first-order chi connectivity index (χ1) is 22.6. The van der Waals surface area contributed by atoms with E-state index in [0.29, 0.717) is 66.8 Å². The standard InChI is InChI=1S/C36H39BrClN3O6/c1-22-29(30-19-28(45-3)13-14-32(30)41(22)35(43)23-9-11-26(38)12-10-23)20-33(42)46-15-16-47-36(44)24-17-25(34(39)31(37)18-24)21-40(2)27-7-5-4-6-8-27/h9-14,17-19,27H,4-8,15-16,20-21,39H2,1-3H3. The van der Waals surface area contributed by atoms with E-state index in [0.717, 1.165) is 18.4 Å². The molecular formula is C36H39BrClN3O6. The minimum Gasteiger partial charge on any atom is -0.497 e. The number of carbonyl (C=O) groups excluding carboxylic acids is 3. The third-order valence-corrected chi connectivity index (χ3v) is 9.71. The minimum absolute atomic E-state index is 0.0902. The fourth-order valence-electron chi connectivity index (χ4n) is 6.21. The second kappa shape index (κ2) is 15.4. The molecule has 1 heterocycles. The zero-order chi connectivity index (χ0) is 33.7. The molecule has 1 aliphatic rings. The number of halogens is 2. The number of anilines is 1. The van der Waals surface area contributed by atoms with Gasteiger partial charge < -0.3 is 19.9 Å². The maximum absolute atomic E-state index is 13.5. The summed E-state index contributed by atoms with van der Waals surface area (Å²) in [6.45, 7) is 2.17. The van der Waals surface area contributed by atoms with Crippen molar-refractivity contribution in [3.05, 3.63) is 92.0 Å². The molecule has 2 N–H and O–H groups in total. The molecule has 9 nitrogen and oxygen atoms in total. The van der Waals surface area contributed by atoms with E-state index in [9.17, 15) is 14.4 Å². The molecule has 1 aromatic heterocycles. The van der Waals surface area contributed by atoms with Gasteiger partial charge in [-0.05, 0) is 108 Å². The van der Waals surface area contributed by atoms with Gasteiger partial charge in [-0.3, -0.25) is 19.1 Å². The second-order valence-corrected chi connectivity index (χ2v) is 13.2. The van der Waals surface area contributed by atoms with Gasteiger partial charge in [-0.15, -0.1) is 0 Å². The number of aromatic nitrogens is 1. The van der Waals surface area contributed by atoms with E-state index in [1.54, 1.807) is 73.2 Å². The van der Waals surface area contributed by atoms with Crippen molar-refractivity contribution in [3.63, 3.8) is 0 Å². The van der Waals surface area contributed by atoms with Crippen molar-refractivity contribution in [2.75, 3.05) is 33.1 Å². The van der Waals surface area contributed by atoms with Crippen LogP contribution in [0.1, 0.15) is 69.6 Å². The van der Waals surface area contributed by atoms with Crippen molar-refractivity contribution in [1.29, 1.82) is 0 Å². The summed E-state index contributed by atoms with van der Waals surface area (Å²) in [5.74, 6) is -0.713. The number of ether oxygens (including phenoxy) is 3. The van der Waals surface area contributed by atoms with Gasteiger partial charge in [0.1, 0.15) is 19.0 Å². The average molecular weight is 725 g/mol. The molecule has 0 saturated heterocycles. The molecule has 1 saturated carbocycles. The van der Waals surface area contributed by atoms with Crippen molar-refractivity contribution in [3.8, 4) is 5.75 Å². The van der Waals surface area contributed by atoms with Gasteiger partial charge in [0, 0.05) is 38.7 Å². The second-order valence-electron chi connectivity index (χ2n) is 11.9. The zero-order valence-corrected chi connectivity index (χ0v) is 29.2. The van der Waals surface area contributed by atoms with E-state index in [2.05, 4.69) is 27.9 Å². The van der Waals surface area contributed by atoms with Gasteiger partial charge in [-0.25, -0.2) is 4.79 Å². The molecule has 11 heteroatoms. The molecule has 0 aliphatic heterocycles. The molecule has 0 unspecified atom stereocenters. The molecule has 0 spiro atoms. The summed E-state index contributed by atoms with van der Waals surface area (Å²) >= 11 is 9.51. The number of carbonyl (C=O) groups is 3. The lowest BCUT2D eigenvalue weighted by Gasteiger charge is -2.31. The van der Waals surface area contributed by atoms with Crippen LogP contribution in [0.2, 0.25) is 5.02 Å². The monoisotopic (exact) mass is 723 g/mol. The fraction of sp³-hybridized carbons (Fsp3) is 0.361. The van der Waals surface area contributed by atoms with Gasteiger partial charge in [-0.2, -0.15) is 0 Å². The number of benzene rings is 3. The topological polar surface area (TPSA) is 113 Å². The van der Waals surface area contributed by atoms with Gasteiger partial charge >= 0.3 is 11.9 Å². The molecule has 47 heavy (non-hydrogen) atoms. The van der Waals surface area contributed by atoms with E-state index in [-0.39, 0.29) is 25.5 Å². The molecule has 0 atom stereocenters. The number of rotatable bonds is 11. The van der Waals surface area contributed by atoms with Gasteiger partial charge in [0.2, 0.25) is 0 Å². The van der Waals surface area contributed by atoms with Gasteiger partial charge in [0.25, 0.3) is 5.91 Å². The summed E-state index contributed by atoms with van der Waals surface area (Å²) in [6.07, 6.45) is 5.97. The lowest BCUT2D eigenvalue weighted by molar-refractivity contribution is -0.143. The molecule has 0 amide bonds. The van der Waals surface area contributed by atoms with Crippen LogP contribution in [0.15, 0.2) is 59.1 Å². The normalized spacial score (nSPS) is 13.6. The molecule has 3 aromatic carbocycles. The van der Waals surface area contributed by atoms with Gasteiger partial charge in [0.15, 0.2) is 0 Å². The largest absolute Gasteiger partial charge is 0.497 e. The summed E-state index contributed by atoms with van der Waals surface area (Å²) in [5, 5.41) is 1.23. The predicted molar refractivity (Wildman–Crippen MR) is 186 cm³/mol. The van der Waals surface area contributed by atoms with E-state index in [1.807, 2.05) is 0 Å². The minimum atomic E-state index is -0.532. The van der Waals surface area contributed by atoms with Crippen molar-refractivity contribution >= 4 is 62.0 Å². The van der Waals surface area contributed by atoms with Crippen molar-refractivity contribution in [2.24, 2.45) is 0 Å². The summed E-state index contributed by atoms with van der Waals surface area (Å²) in [7, 11) is 3.65. The highest BCUT2D eigenvalue weighted by Crippen LogP contribution is 2.32. The van der Waals surface area contributed by atoms with Crippen molar-refractivity contribution < 1.29 is 28.6 Å². The maximum atomic E-state index is 13.5. The Balaban J connectivity index is 1.22. The molecule has 5 rings (SSSR count). The van der Waals surface area contributed by atoms with Gasteiger partial charge in [0.05, 0.1) is 30.3 Å². The maximum Gasteiger partial charge on any atom is 0.338 e. The third kappa shape index (κ3) is 8.00. The molecule has 1 fully saturated rings. The Labute approximate surface area is 288 Å². The number of nitrogens with zero attached hydrogens (tertiary/aromatic N) is 2. The van der Waals surface area contributed by atoms with E-state index in [4.69, 9.17) is 31.5 Å². The Kier molecular flexibility index (Phi) is 11.3. The number of esters is 2. The Bertz CT molecular complexity index is 1780. The molecule has 248 valence electrons. The zero-order valence-electron chi connectivity index (χ0n) is 26.8. The molecular weight excluding hydrogens is 686 g/mol. The van der Waals surface area contributed by atoms with Gasteiger partial charge in [-0.1, -0.05) is 30.9 Å². The Morgan fingerprint density at radius 2 is 1.68 bits per heavy atom. The van der Waals surface area contributed by atoms with Crippen LogP contribution in [-0.2, 0) is 27.2 Å². The first-order valence-corrected chi connectivity index (χ1v) is 16.8. The molecule has 1 aliphatic carbocycles.